The number of amides is 1. The molecule has 1 aliphatic heterocycles. The minimum Gasteiger partial charge on any atom is -0.342 e. The Morgan fingerprint density at radius 3 is 2.62 bits per heavy atom. The summed E-state index contributed by atoms with van der Waals surface area (Å²) < 4.78 is 0. The zero-order valence-electron chi connectivity index (χ0n) is 7.79. The van der Waals surface area contributed by atoms with E-state index in [1.54, 1.807) is 0 Å². The van der Waals surface area contributed by atoms with Crippen molar-refractivity contribution in [1.29, 1.82) is 0 Å². The lowest BCUT2D eigenvalue weighted by Gasteiger charge is -2.34. The number of nitrogens with zero attached hydrogens (tertiary/aromatic N) is 1. The first-order valence-electron chi connectivity index (χ1n) is 5.05. The summed E-state index contributed by atoms with van der Waals surface area (Å²) in [6.45, 7) is 1.56. The quantitative estimate of drug-likeness (QED) is 0.595. The average Bonchev–Trinajstić information content (AvgIpc) is 1.99. The minimum absolute atomic E-state index is 0.0446. The van der Waals surface area contributed by atoms with Crippen molar-refractivity contribution in [2.24, 2.45) is 5.92 Å². The first-order valence-corrected chi connectivity index (χ1v) is 5.05. The number of likely N-dealkylation sites (tertiary alicyclic amines) is 1. The standard InChI is InChI=1S/C10H15NO2/c12-9-4-5-11(10(13)6-9)7-8-2-1-3-8/h8H,1-7H2. The number of hydrogen-bond donors (Lipinski definition) is 0. The predicted octanol–water partition coefficient (Wildman–Crippen LogP) is 0.978. The van der Waals surface area contributed by atoms with Gasteiger partial charge in [-0.1, -0.05) is 6.42 Å². The molecule has 3 heteroatoms. The Bertz CT molecular complexity index is 233. The van der Waals surface area contributed by atoms with Crippen LogP contribution in [0.2, 0.25) is 0 Å². The summed E-state index contributed by atoms with van der Waals surface area (Å²) >= 11 is 0. The maximum Gasteiger partial charge on any atom is 0.230 e. The van der Waals surface area contributed by atoms with Gasteiger partial charge in [0.15, 0.2) is 0 Å². The second-order valence-corrected chi connectivity index (χ2v) is 4.10. The van der Waals surface area contributed by atoms with Crippen LogP contribution in [-0.2, 0) is 9.59 Å². The highest BCUT2D eigenvalue weighted by molar-refractivity contribution is 6.00. The van der Waals surface area contributed by atoms with Gasteiger partial charge >= 0.3 is 0 Å². The van der Waals surface area contributed by atoms with Gasteiger partial charge in [0.05, 0.1) is 6.42 Å². The van der Waals surface area contributed by atoms with E-state index in [1.165, 1.54) is 19.3 Å². The van der Waals surface area contributed by atoms with E-state index in [9.17, 15) is 9.59 Å². The van der Waals surface area contributed by atoms with Crippen molar-refractivity contribution in [3.05, 3.63) is 0 Å². The van der Waals surface area contributed by atoms with Gasteiger partial charge in [0.2, 0.25) is 5.91 Å². The van der Waals surface area contributed by atoms with Gasteiger partial charge in [0, 0.05) is 19.5 Å². The van der Waals surface area contributed by atoms with Gasteiger partial charge in [0.25, 0.3) is 0 Å². The average molecular weight is 181 g/mol. The molecule has 1 amide bonds. The van der Waals surface area contributed by atoms with E-state index >= 15 is 0 Å². The van der Waals surface area contributed by atoms with Crippen LogP contribution in [0.4, 0.5) is 0 Å². The van der Waals surface area contributed by atoms with Gasteiger partial charge < -0.3 is 4.90 Å². The number of piperidine rings is 1. The van der Waals surface area contributed by atoms with Crippen LogP contribution >= 0.6 is 0 Å². The third kappa shape index (κ3) is 1.90. The van der Waals surface area contributed by atoms with Gasteiger partial charge in [-0.3, -0.25) is 9.59 Å². The summed E-state index contributed by atoms with van der Waals surface area (Å²) in [4.78, 5) is 24.2. The Kier molecular flexibility index (Phi) is 2.34. The summed E-state index contributed by atoms with van der Waals surface area (Å²) in [5.74, 6) is 0.871. The Balaban J connectivity index is 1.84. The van der Waals surface area contributed by atoms with Gasteiger partial charge in [-0.05, 0) is 18.8 Å². The number of rotatable bonds is 2. The van der Waals surface area contributed by atoms with Crippen LogP contribution in [-0.4, -0.2) is 29.7 Å². The van der Waals surface area contributed by atoms with E-state index < -0.39 is 0 Å². The normalized spacial score (nSPS) is 24.8. The third-order valence-electron chi connectivity index (χ3n) is 3.06. The molecule has 1 heterocycles. The summed E-state index contributed by atoms with van der Waals surface area (Å²) in [6.07, 6.45) is 4.55. The maximum atomic E-state index is 11.4. The molecule has 2 fully saturated rings. The van der Waals surface area contributed by atoms with E-state index in [0.717, 1.165) is 12.5 Å². The van der Waals surface area contributed by atoms with Gasteiger partial charge in [0.1, 0.15) is 5.78 Å². The molecule has 0 aromatic heterocycles. The fourth-order valence-corrected chi connectivity index (χ4v) is 1.93. The van der Waals surface area contributed by atoms with Crippen molar-refractivity contribution in [3.8, 4) is 0 Å². The molecule has 72 valence electrons. The molecule has 13 heavy (non-hydrogen) atoms. The van der Waals surface area contributed by atoms with E-state index in [0.29, 0.717) is 13.0 Å². The summed E-state index contributed by atoms with van der Waals surface area (Å²) in [7, 11) is 0. The van der Waals surface area contributed by atoms with Crippen LogP contribution in [0.5, 0.6) is 0 Å². The molecule has 3 nitrogen and oxygen atoms in total. The second-order valence-electron chi connectivity index (χ2n) is 4.10. The van der Waals surface area contributed by atoms with Gasteiger partial charge in [-0.2, -0.15) is 0 Å². The Hall–Kier alpha value is -0.860. The van der Waals surface area contributed by atoms with E-state index in [2.05, 4.69) is 0 Å². The number of carbonyl (C=O) groups excluding carboxylic acids is 2. The van der Waals surface area contributed by atoms with Crippen LogP contribution in [0.3, 0.4) is 0 Å². The first-order chi connectivity index (χ1) is 6.25. The molecular weight excluding hydrogens is 166 g/mol. The number of Topliss-reactive ketones (excluding diaryl/α,β-unsaturated/α-hetero) is 1. The molecule has 0 N–H and O–H groups in total. The minimum atomic E-state index is 0.0446. The molecule has 1 aliphatic carbocycles. The number of ketones is 1. The van der Waals surface area contributed by atoms with Crippen LogP contribution in [0.25, 0.3) is 0 Å². The summed E-state index contributed by atoms with van der Waals surface area (Å²) in [5.41, 5.74) is 0. The predicted molar refractivity (Wildman–Crippen MR) is 48.2 cm³/mol. The smallest absolute Gasteiger partial charge is 0.230 e. The third-order valence-corrected chi connectivity index (χ3v) is 3.06. The number of carbonyl (C=O) groups is 2. The maximum absolute atomic E-state index is 11.4. The lowest BCUT2D eigenvalue weighted by molar-refractivity contribution is -0.140. The van der Waals surface area contributed by atoms with Crippen LogP contribution in [0, 0.1) is 5.92 Å². The van der Waals surface area contributed by atoms with E-state index in [-0.39, 0.29) is 18.1 Å². The summed E-state index contributed by atoms with van der Waals surface area (Å²) in [6, 6.07) is 0. The molecule has 2 aliphatic rings. The van der Waals surface area contributed by atoms with Crippen molar-refractivity contribution >= 4 is 11.7 Å². The largest absolute Gasteiger partial charge is 0.342 e. The molecule has 0 unspecified atom stereocenters. The lowest BCUT2D eigenvalue weighted by Crippen LogP contribution is -2.42. The topological polar surface area (TPSA) is 37.4 Å². The molecule has 0 spiro atoms. The summed E-state index contributed by atoms with van der Waals surface area (Å²) in [5, 5.41) is 0. The fraction of sp³-hybridized carbons (Fsp3) is 0.800. The van der Waals surface area contributed by atoms with Crippen molar-refractivity contribution in [2.75, 3.05) is 13.1 Å². The molecule has 0 aromatic rings. The Labute approximate surface area is 78.1 Å². The van der Waals surface area contributed by atoms with Crippen LogP contribution in [0.15, 0.2) is 0 Å². The molecule has 1 saturated heterocycles. The van der Waals surface area contributed by atoms with Crippen molar-refractivity contribution in [1.82, 2.24) is 4.90 Å². The van der Waals surface area contributed by atoms with Crippen LogP contribution in [0.1, 0.15) is 32.1 Å². The molecule has 0 atom stereocenters. The fourth-order valence-electron chi connectivity index (χ4n) is 1.93. The van der Waals surface area contributed by atoms with Gasteiger partial charge in [-0.25, -0.2) is 0 Å². The van der Waals surface area contributed by atoms with Crippen molar-refractivity contribution in [2.45, 2.75) is 32.1 Å². The molecule has 2 rings (SSSR count). The monoisotopic (exact) mass is 181 g/mol. The molecule has 0 aromatic carbocycles. The van der Waals surface area contributed by atoms with Crippen molar-refractivity contribution < 1.29 is 9.59 Å². The van der Waals surface area contributed by atoms with Crippen LogP contribution < -0.4 is 0 Å². The number of hydrogen-bond acceptors (Lipinski definition) is 2. The highest BCUT2D eigenvalue weighted by Crippen LogP contribution is 2.27. The lowest BCUT2D eigenvalue weighted by atomic mass is 9.85. The molecule has 0 bridgehead atoms. The molecule has 1 saturated carbocycles. The first kappa shape index (κ1) is 8.73. The van der Waals surface area contributed by atoms with E-state index in [4.69, 9.17) is 0 Å². The Morgan fingerprint density at radius 2 is 2.08 bits per heavy atom. The van der Waals surface area contributed by atoms with Gasteiger partial charge in [-0.15, -0.1) is 0 Å². The Morgan fingerprint density at radius 1 is 1.31 bits per heavy atom. The zero-order valence-corrected chi connectivity index (χ0v) is 7.79. The highest BCUT2D eigenvalue weighted by atomic mass is 16.2. The second kappa shape index (κ2) is 3.48. The zero-order chi connectivity index (χ0) is 9.26. The SMILES string of the molecule is O=C1CCN(CC2CCC2)C(=O)C1. The van der Waals surface area contributed by atoms with E-state index in [1.807, 2.05) is 4.90 Å². The highest BCUT2D eigenvalue weighted by Gasteiger charge is 2.27. The molecular formula is C10H15NO2. The molecule has 0 radical (unpaired) electrons. The van der Waals surface area contributed by atoms with Crippen molar-refractivity contribution in [3.63, 3.8) is 0 Å².